The summed E-state index contributed by atoms with van der Waals surface area (Å²) in [6.07, 6.45) is -0.793. The van der Waals surface area contributed by atoms with Gasteiger partial charge in [-0.05, 0) is 18.6 Å². The second kappa shape index (κ2) is 5.80. The smallest absolute Gasteiger partial charge is 0.278 e. The molecule has 2 aromatic rings. The zero-order chi connectivity index (χ0) is 18.6. The Morgan fingerprint density at radius 1 is 1.44 bits per heavy atom. The van der Waals surface area contributed by atoms with Gasteiger partial charge in [0.05, 0.1) is 11.5 Å². The van der Waals surface area contributed by atoms with E-state index >= 15 is 0 Å². The summed E-state index contributed by atoms with van der Waals surface area (Å²) in [4.78, 5) is 2.94. The minimum Gasteiger partial charge on any atom is -0.382 e. The number of nitrogens with zero attached hydrogens (tertiary/aromatic N) is 2. The number of alkyl halides is 2. The molecule has 0 unspecified atom stereocenters. The number of sulfone groups is 1. The normalized spacial score (nSPS) is 19.3. The summed E-state index contributed by atoms with van der Waals surface area (Å²) in [5, 5.41) is 10.3. The molecule has 9 heteroatoms. The fourth-order valence-corrected chi connectivity index (χ4v) is 4.07. The summed E-state index contributed by atoms with van der Waals surface area (Å²) in [5.41, 5.74) is 0.582. The molecule has 0 saturated carbocycles. The Kier molecular flexibility index (Phi) is 4.14. The molecule has 0 bridgehead atoms. The molecule has 132 valence electrons. The summed E-state index contributed by atoms with van der Waals surface area (Å²) in [6.45, 7) is 7.12. The van der Waals surface area contributed by atoms with Crippen molar-refractivity contribution in [3.05, 3.63) is 52.1 Å². The van der Waals surface area contributed by atoms with Crippen molar-refractivity contribution in [2.24, 2.45) is 0 Å². The maximum atomic E-state index is 13.9. The molecule has 0 aliphatic heterocycles. The Bertz CT molecular complexity index is 1010. The summed E-state index contributed by atoms with van der Waals surface area (Å²) in [5.74, 6) is -3.40. The van der Waals surface area contributed by atoms with Gasteiger partial charge in [-0.2, -0.15) is 0 Å². The molecule has 0 fully saturated rings. The van der Waals surface area contributed by atoms with E-state index < -0.39 is 28.3 Å². The molecule has 1 aromatic heterocycles. The Labute approximate surface area is 148 Å². The first-order valence-electron chi connectivity index (χ1n) is 7.23. The van der Waals surface area contributed by atoms with Gasteiger partial charge < -0.3 is 9.67 Å². The molecule has 0 radical (unpaired) electrons. The largest absolute Gasteiger partial charge is 0.382 e. The third-order valence-corrected chi connectivity index (χ3v) is 5.65. The highest BCUT2D eigenvalue weighted by Crippen LogP contribution is 2.45. The average molecular weight is 387 g/mol. The van der Waals surface area contributed by atoms with Crippen molar-refractivity contribution in [1.29, 1.82) is 0 Å². The van der Waals surface area contributed by atoms with E-state index in [0.717, 1.165) is 6.26 Å². The van der Waals surface area contributed by atoms with Crippen LogP contribution < -0.4 is 0 Å². The van der Waals surface area contributed by atoms with Crippen LogP contribution in [-0.4, -0.2) is 30.3 Å². The monoisotopic (exact) mass is 386 g/mol. The molecule has 25 heavy (non-hydrogen) atoms. The molecule has 1 aliphatic rings. The minimum absolute atomic E-state index is 0.106. The van der Waals surface area contributed by atoms with Crippen molar-refractivity contribution in [1.82, 2.24) is 4.57 Å². The Hall–Kier alpha value is -1.95. The SMILES string of the molecule is [C-]#[N+]c1cc(-n2cc(S(C)(=O)=O)c3c2CCC(F)(F)[C@H]3O)ccc1Cl. The molecule has 1 aromatic carbocycles. The summed E-state index contributed by atoms with van der Waals surface area (Å²) in [6, 6.07) is 4.48. The molecule has 1 aliphatic carbocycles. The molecule has 3 rings (SSSR count). The van der Waals surface area contributed by atoms with Crippen molar-refractivity contribution in [3.8, 4) is 5.69 Å². The van der Waals surface area contributed by atoms with Crippen LogP contribution in [0.2, 0.25) is 5.02 Å². The van der Waals surface area contributed by atoms with Crippen LogP contribution in [0, 0.1) is 6.57 Å². The number of fused-ring (bicyclic) bond motifs is 1. The number of aliphatic hydroxyl groups is 1. The molecule has 1 atom stereocenters. The zero-order valence-electron chi connectivity index (χ0n) is 13.0. The summed E-state index contributed by atoms with van der Waals surface area (Å²) >= 11 is 5.91. The van der Waals surface area contributed by atoms with Crippen molar-refractivity contribution in [2.75, 3.05) is 6.26 Å². The van der Waals surface area contributed by atoms with E-state index in [1.807, 2.05) is 0 Å². The van der Waals surface area contributed by atoms with Gasteiger partial charge >= 0.3 is 0 Å². The first kappa shape index (κ1) is 17.9. The zero-order valence-corrected chi connectivity index (χ0v) is 14.6. The predicted octanol–water partition coefficient (Wildman–Crippen LogP) is 3.70. The number of hydrogen-bond donors (Lipinski definition) is 1. The third-order valence-electron chi connectivity index (χ3n) is 4.21. The highest BCUT2D eigenvalue weighted by atomic mass is 35.5. The van der Waals surface area contributed by atoms with Gasteiger partial charge in [0, 0.05) is 40.8 Å². The summed E-state index contributed by atoms with van der Waals surface area (Å²) < 4.78 is 53.3. The Morgan fingerprint density at radius 3 is 2.72 bits per heavy atom. The lowest BCUT2D eigenvalue weighted by Crippen LogP contribution is -2.32. The third kappa shape index (κ3) is 2.92. The van der Waals surface area contributed by atoms with Crippen LogP contribution in [0.25, 0.3) is 10.5 Å². The van der Waals surface area contributed by atoms with Gasteiger partial charge in [-0.25, -0.2) is 22.0 Å². The van der Waals surface area contributed by atoms with E-state index in [1.165, 1.54) is 22.9 Å². The van der Waals surface area contributed by atoms with Gasteiger partial charge in [0.2, 0.25) is 5.69 Å². The van der Waals surface area contributed by atoms with Crippen molar-refractivity contribution in [2.45, 2.75) is 29.8 Å². The summed E-state index contributed by atoms with van der Waals surface area (Å²) in [7, 11) is -3.84. The van der Waals surface area contributed by atoms with E-state index in [2.05, 4.69) is 4.85 Å². The fourth-order valence-electron chi connectivity index (χ4n) is 2.98. The number of rotatable bonds is 2. The standard InChI is InChI=1S/C16H13ClF2N2O3S/c1-20-11-7-9(3-4-10(11)17)21-8-13(25(2,23)24)14-12(21)5-6-16(18,19)15(14)22/h3-4,7-8,15,22H,5-6H2,2H3/t15-/m0/s1. The highest BCUT2D eigenvalue weighted by Gasteiger charge is 2.47. The van der Waals surface area contributed by atoms with Crippen molar-refractivity contribution < 1.29 is 22.3 Å². The fraction of sp³-hybridized carbons (Fsp3) is 0.312. The number of halogens is 3. The van der Waals surface area contributed by atoms with E-state index in [1.54, 1.807) is 6.07 Å². The maximum Gasteiger partial charge on any atom is 0.278 e. The van der Waals surface area contributed by atoms with Crippen LogP contribution in [0.3, 0.4) is 0 Å². The molecule has 1 heterocycles. The first-order valence-corrected chi connectivity index (χ1v) is 9.50. The number of benzene rings is 1. The second-order valence-electron chi connectivity index (χ2n) is 5.91. The van der Waals surface area contributed by atoms with Crippen LogP contribution in [-0.2, 0) is 16.3 Å². The Balaban J connectivity index is 2.30. The second-order valence-corrected chi connectivity index (χ2v) is 8.30. The van der Waals surface area contributed by atoms with E-state index in [4.69, 9.17) is 18.2 Å². The maximum absolute atomic E-state index is 13.9. The Morgan fingerprint density at radius 2 is 2.12 bits per heavy atom. The van der Waals surface area contributed by atoms with E-state index in [0.29, 0.717) is 5.69 Å². The first-order chi connectivity index (χ1) is 11.6. The number of aromatic nitrogens is 1. The molecule has 5 nitrogen and oxygen atoms in total. The van der Waals surface area contributed by atoms with Gasteiger partial charge in [-0.3, -0.25) is 0 Å². The van der Waals surface area contributed by atoms with Crippen LogP contribution in [0.4, 0.5) is 14.5 Å². The van der Waals surface area contributed by atoms with Gasteiger partial charge in [0.1, 0.15) is 6.10 Å². The topological polar surface area (TPSA) is 63.7 Å². The average Bonchev–Trinajstić information content (AvgIpc) is 2.92. The lowest BCUT2D eigenvalue weighted by molar-refractivity contribution is -0.123. The van der Waals surface area contributed by atoms with E-state index in [-0.39, 0.29) is 33.3 Å². The van der Waals surface area contributed by atoms with Crippen molar-refractivity contribution in [3.63, 3.8) is 0 Å². The molecule has 0 saturated heterocycles. The molecule has 0 spiro atoms. The van der Waals surface area contributed by atoms with Crippen LogP contribution in [0.5, 0.6) is 0 Å². The number of hydrogen-bond acceptors (Lipinski definition) is 3. The quantitative estimate of drug-likeness (QED) is 0.800. The lowest BCUT2D eigenvalue weighted by Gasteiger charge is -2.29. The molecule has 0 amide bonds. The van der Waals surface area contributed by atoms with Gasteiger partial charge in [-0.15, -0.1) is 0 Å². The minimum atomic E-state index is -3.84. The van der Waals surface area contributed by atoms with Gasteiger partial charge in [-0.1, -0.05) is 17.7 Å². The van der Waals surface area contributed by atoms with Crippen molar-refractivity contribution >= 4 is 27.1 Å². The lowest BCUT2D eigenvalue weighted by atomic mass is 9.91. The van der Waals surface area contributed by atoms with E-state index in [9.17, 15) is 22.3 Å². The van der Waals surface area contributed by atoms with Gasteiger partial charge in [0.25, 0.3) is 5.92 Å². The molecular formula is C16H13ClF2N2O3S. The molecular weight excluding hydrogens is 374 g/mol. The van der Waals surface area contributed by atoms with Gasteiger partial charge in [0.15, 0.2) is 9.84 Å². The predicted molar refractivity (Wildman–Crippen MR) is 88.4 cm³/mol. The molecule has 1 N–H and O–H groups in total. The number of aliphatic hydroxyl groups excluding tert-OH is 1. The van der Waals surface area contributed by atoms with Crippen LogP contribution >= 0.6 is 11.6 Å². The highest BCUT2D eigenvalue weighted by molar-refractivity contribution is 7.90. The van der Waals surface area contributed by atoms with Crippen LogP contribution in [0.1, 0.15) is 23.8 Å². The van der Waals surface area contributed by atoms with Crippen LogP contribution in [0.15, 0.2) is 29.3 Å².